The third-order valence-corrected chi connectivity index (χ3v) is 8.10. The van der Waals surface area contributed by atoms with Crippen LogP contribution in [0.4, 0.5) is 4.39 Å². The smallest absolute Gasteiger partial charge is 0.289 e. The molecule has 8 nitrogen and oxygen atoms in total. The lowest BCUT2D eigenvalue weighted by Crippen LogP contribution is -2.50. The molecule has 0 radical (unpaired) electrons. The van der Waals surface area contributed by atoms with Crippen LogP contribution in [0.5, 0.6) is 0 Å². The normalized spacial score (nSPS) is 17.7. The maximum absolute atomic E-state index is 13.2. The minimum atomic E-state index is -3.69. The van der Waals surface area contributed by atoms with Gasteiger partial charge in [0.15, 0.2) is 5.76 Å². The molecule has 0 aliphatic carbocycles. The van der Waals surface area contributed by atoms with Gasteiger partial charge in [0, 0.05) is 45.3 Å². The standard InChI is InChI=1S/C21H23ClFN3O5S/c1-14-19(32(29,30)26-6-2-3-7-26)13-18(31-14)21(28)25-10-8-24(9-11-25)20(27)16-5-4-15(23)12-17(16)22/h4-5,12-13H,2-3,6-11H2,1H3. The Morgan fingerprint density at radius 3 is 2.16 bits per heavy atom. The second-order valence-corrected chi connectivity index (χ2v) is 10.2. The first kappa shape index (κ1) is 22.8. The van der Waals surface area contributed by atoms with Crippen molar-refractivity contribution in [3.05, 3.63) is 52.2 Å². The quantitative estimate of drug-likeness (QED) is 0.667. The zero-order valence-electron chi connectivity index (χ0n) is 17.5. The van der Waals surface area contributed by atoms with Gasteiger partial charge in [-0.1, -0.05) is 11.6 Å². The summed E-state index contributed by atoms with van der Waals surface area (Å²) in [5.74, 6) is -1.15. The van der Waals surface area contributed by atoms with Crippen LogP contribution < -0.4 is 0 Å². The summed E-state index contributed by atoms with van der Waals surface area (Å²) in [6.45, 7) is 3.47. The summed E-state index contributed by atoms with van der Waals surface area (Å²) in [5, 5.41) is 0.0336. The van der Waals surface area contributed by atoms with Crippen LogP contribution in [0.1, 0.15) is 39.5 Å². The van der Waals surface area contributed by atoms with Gasteiger partial charge in [-0.2, -0.15) is 4.31 Å². The van der Waals surface area contributed by atoms with E-state index in [1.54, 1.807) is 4.90 Å². The van der Waals surface area contributed by atoms with Crippen LogP contribution in [0.15, 0.2) is 33.6 Å². The van der Waals surface area contributed by atoms with Gasteiger partial charge < -0.3 is 14.2 Å². The van der Waals surface area contributed by atoms with Crippen LogP contribution in [0, 0.1) is 12.7 Å². The lowest BCUT2D eigenvalue weighted by atomic mass is 10.1. The Bertz CT molecular complexity index is 1150. The summed E-state index contributed by atoms with van der Waals surface area (Å²) in [5.41, 5.74) is 0.200. The Kier molecular flexibility index (Phi) is 6.28. The summed E-state index contributed by atoms with van der Waals surface area (Å²) >= 11 is 5.99. The van der Waals surface area contributed by atoms with Gasteiger partial charge in [-0.3, -0.25) is 9.59 Å². The molecule has 0 N–H and O–H groups in total. The number of halogens is 2. The molecular weight excluding hydrogens is 461 g/mol. The Morgan fingerprint density at radius 1 is 0.969 bits per heavy atom. The molecule has 2 fully saturated rings. The lowest BCUT2D eigenvalue weighted by Gasteiger charge is -2.34. The SMILES string of the molecule is Cc1oc(C(=O)N2CCN(C(=O)c3ccc(F)cc3Cl)CC2)cc1S(=O)(=O)N1CCCC1. The molecule has 2 aromatic rings. The highest BCUT2D eigenvalue weighted by atomic mass is 35.5. The molecule has 0 spiro atoms. The second kappa shape index (κ2) is 8.84. The van der Waals surface area contributed by atoms with E-state index >= 15 is 0 Å². The number of hydrogen-bond acceptors (Lipinski definition) is 5. The van der Waals surface area contributed by atoms with Gasteiger partial charge in [-0.25, -0.2) is 12.8 Å². The van der Waals surface area contributed by atoms with E-state index in [1.807, 2.05) is 0 Å². The van der Waals surface area contributed by atoms with E-state index in [1.165, 1.54) is 34.3 Å². The minimum absolute atomic E-state index is 0.0162. The van der Waals surface area contributed by atoms with Crippen LogP contribution in [0.2, 0.25) is 5.02 Å². The number of rotatable bonds is 4. The highest BCUT2D eigenvalue weighted by Gasteiger charge is 2.33. The highest BCUT2D eigenvalue weighted by Crippen LogP contribution is 2.27. The van der Waals surface area contributed by atoms with Gasteiger partial charge in [0.05, 0.1) is 10.6 Å². The van der Waals surface area contributed by atoms with Crippen molar-refractivity contribution < 1.29 is 26.8 Å². The number of benzene rings is 1. The molecule has 2 aliphatic heterocycles. The molecule has 2 saturated heterocycles. The van der Waals surface area contributed by atoms with Gasteiger partial charge in [-0.15, -0.1) is 0 Å². The summed E-state index contributed by atoms with van der Waals surface area (Å²) < 4.78 is 45.8. The zero-order valence-corrected chi connectivity index (χ0v) is 19.1. The van der Waals surface area contributed by atoms with Crippen molar-refractivity contribution in [1.29, 1.82) is 0 Å². The molecule has 0 atom stereocenters. The van der Waals surface area contributed by atoms with Crippen LogP contribution in [-0.2, 0) is 10.0 Å². The number of hydrogen-bond donors (Lipinski definition) is 0. The van der Waals surface area contributed by atoms with Crippen molar-refractivity contribution in [2.45, 2.75) is 24.7 Å². The zero-order chi connectivity index (χ0) is 23.0. The summed E-state index contributed by atoms with van der Waals surface area (Å²) in [7, 11) is -3.69. The molecule has 0 unspecified atom stereocenters. The molecule has 2 aliphatic rings. The number of sulfonamides is 1. The molecule has 32 heavy (non-hydrogen) atoms. The van der Waals surface area contributed by atoms with Gasteiger partial charge in [0.1, 0.15) is 16.5 Å². The molecule has 4 rings (SSSR count). The number of furan rings is 1. The maximum Gasteiger partial charge on any atom is 0.289 e. The van der Waals surface area contributed by atoms with Gasteiger partial charge >= 0.3 is 0 Å². The maximum atomic E-state index is 13.2. The van der Waals surface area contributed by atoms with Crippen molar-refractivity contribution in [2.75, 3.05) is 39.3 Å². The van der Waals surface area contributed by atoms with E-state index in [-0.39, 0.29) is 59.1 Å². The third-order valence-electron chi connectivity index (χ3n) is 5.78. The topological polar surface area (TPSA) is 91.1 Å². The van der Waals surface area contributed by atoms with E-state index in [0.29, 0.717) is 13.1 Å². The number of carbonyl (C=O) groups excluding carboxylic acids is 2. The van der Waals surface area contributed by atoms with Crippen LogP contribution in [0.25, 0.3) is 0 Å². The number of amides is 2. The van der Waals surface area contributed by atoms with E-state index in [0.717, 1.165) is 18.9 Å². The fourth-order valence-corrected chi connectivity index (χ4v) is 5.92. The Balaban J connectivity index is 1.43. The van der Waals surface area contributed by atoms with Crippen molar-refractivity contribution in [2.24, 2.45) is 0 Å². The van der Waals surface area contributed by atoms with Gasteiger partial charge in [-0.05, 0) is 38.0 Å². The highest BCUT2D eigenvalue weighted by molar-refractivity contribution is 7.89. The largest absolute Gasteiger partial charge is 0.455 e. The molecule has 0 bridgehead atoms. The average Bonchev–Trinajstić information content (AvgIpc) is 3.44. The van der Waals surface area contributed by atoms with Crippen LogP contribution >= 0.6 is 11.6 Å². The summed E-state index contributed by atoms with van der Waals surface area (Å²) in [6, 6.07) is 4.89. The molecule has 0 saturated carbocycles. The Labute approximate surface area is 190 Å². The predicted octanol–water partition coefficient (Wildman–Crippen LogP) is 2.76. The molecule has 3 heterocycles. The van der Waals surface area contributed by atoms with E-state index < -0.39 is 21.7 Å². The van der Waals surface area contributed by atoms with Crippen LogP contribution in [0.3, 0.4) is 0 Å². The first-order valence-electron chi connectivity index (χ1n) is 10.3. The average molecular weight is 484 g/mol. The number of nitrogens with zero attached hydrogens (tertiary/aromatic N) is 3. The van der Waals surface area contributed by atoms with E-state index in [9.17, 15) is 22.4 Å². The molecule has 11 heteroatoms. The van der Waals surface area contributed by atoms with Crippen molar-refractivity contribution in [3.8, 4) is 0 Å². The fraction of sp³-hybridized carbons (Fsp3) is 0.429. The molecule has 172 valence electrons. The first-order chi connectivity index (χ1) is 15.2. The van der Waals surface area contributed by atoms with Crippen molar-refractivity contribution in [3.63, 3.8) is 0 Å². The molecule has 2 amide bonds. The Morgan fingerprint density at radius 2 is 1.56 bits per heavy atom. The van der Waals surface area contributed by atoms with E-state index in [4.69, 9.17) is 16.0 Å². The Hall–Kier alpha value is -2.43. The number of carbonyl (C=O) groups is 2. The monoisotopic (exact) mass is 483 g/mol. The second-order valence-electron chi connectivity index (χ2n) is 7.85. The molecule has 1 aromatic carbocycles. The summed E-state index contributed by atoms with van der Waals surface area (Å²) in [4.78, 5) is 28.7. The van der Waals surface area contributed by atoms with Gasteiger partial charge in [0.2, 0.25) is 10.0 Å². The van der Waals surface area contributed by atoms with Crippen molar-refractivity contribution >= 4 is 33.4 Å². The lowest BCUT2D eigenvalue weighted by molar-refractivity contribution is 0.0517. The number of aryl methyl sites for hydroxylation is 1. The third kappa shape index (κ3) is 4.26. The van der Waals surface area contributed by atoms with Crippen molar-refractivity contribution in [1.82, 2.24) is 14.1 Å². The van der Waals surface area contributed by atoms with E-state index in [2.05, 4.69) is 0 Å². The molecular formula is C21H23ClFN3O5S. The minimum Gasteiger partial charge on any atom is -0.455 e. The summed E-state index contributed by atoms with van der Waals surface area (Å²) in [6.07, 6.45) is 1.63. The van der Waals surface area contributed by atoms with Gasteiger partial charge in [0.25, 0.3) is 11.8 Å². The number of piperazine rings is 1. The first-order valence-corrected chi connectivity index (χ1v) is 12.1. The fourth-order valence-electron chi connectivity index (χ4n) is 4.00. The predicted molar refractivity (Wildman–Crippen MR) is 115 cm³/mol. The molecule has 1 aromatic heterocycles. The van der Waals surface area contributed by atoms with Crippen LogP contribution in [-0.4, -0.2) is 73.6 Å².